The maximum Gasteiger partial charge on any atom is 0.243 e. The smallest absolute Gasteiger partial charge is 0.243 e. The number of rotatable bonds is 10. The highest BCUT2D eigenvalue weighted by Gasteiger charge is 2.21. The number of hydrogen-bond donors (Lipinski definition) is 2. The van der Waals surface area contributed by atoms with Crippen LogP contribution in [0.25, 0.3) is 0 Å². The van der Waals surface area contributed by atoms with Crippen LogP contribution in [-0.2, 0) is 24.8 Å². The molecule has 0 heterocycles. The average molecular weight is 440 g/mol. The van der Waals surface area contributed by atoms with Crippen molar-refractivity contribution in [2.24, 2.45) is 0 Å². The van der Waals surface area contributed by atoms with Crippen molar-refractivity contribution in [1.29, 1.82) is 0 Å². The monoisotopic (exact) mass is 439 g/mol. The quantitative estimate of drug-likeness (QED) is 0.588. The lowest BCUT2D eigenvalue weighted by Crippen LogP contribution is -2.30. The van der Waals surface area contributed by atoms with E-state index in [9.17, 15) is 21.6 Å². The van der Waals surface area contributed by atoms with Gasteiger partial charge in [-0.1, -0.05) is 32.0 Å². The van der Waals surface area contributed by atoms with Crippen LogP contribution >= 0.6 is 0 Å². The van der Waals surface area contributed by atoms with E-state index in [0.29, 0.717) is 18.8 Å². The summed E-state index contributed by atoms with van der Waals surface area (Å²) in [6.45, 7) is 4.22. The second-order valence-electron chi connectivity index (χ2n) is 6.12. The largest absolute Gasteiger partial charge is 0.326 e. The zero-order valence-corrected chi connectivity index (χ0v) is 18.0. The lowest BCUT2D eigenvalue weighted by atomic mass is 10.3. The van der Waals surface area contributed by atoms with E-state index in [1.54, 1.807) is 32.0 Å². The van der Waals surface area contributed by atoms with Crippen molar-refractivity contribution in [2.75, 3.05) is 25.0 Å². The summed E-state index contributed by atoms with van der Waals surface area (Å²) >= 11 is 0. The van der Waals surface area contributed by atoms with E-state index in [2.05, 4.69) is 10.0 Å². The third-order valence-electron chi connectivity index (χ3n) is 4.18. The summed E-state index contributed by atoms with van der Waals surface area (Å²) in [6.07, 6.45) is -0.0639. The van der Waals surface area contributed by atoms with Gasteiger partial charge in [-0.3, -0.25) is 4.79 Å². The van der Waals surface area contributed by atoms with Gasteiger partial charge in [0, 0.05) is 31.7 Å². The first-order valence-corrected chi connectivity index (χ1v) is 12.1. The molecule has 0 aliphatic heterocycles. The second kappa shape index (κ2) is 9.97. The molecule has 0 atom stereocenters. The first kappa shape index (κ1) is 23.0. The van der Waals surface area contributed by atoms with Gasteiger partial charge < -0.3 is 5.32 Å². The molecule has 2 aromatic carbocycles. The normalized spacial score (nSPS) is 12.1. The highest BCUT2D eigenvalue weighted by Crippen LogP contribution is 2.18. The minimum absolute atomic E-state index is 0.0581. The van der Waals surface area contributed by atoms with Gasteiger partial charge in [-0.05, 0) is 36.4 Å². The minimum Gasteiger partial charge on any atom is -0.326 e. The number of carbonyl (C=O) groups excluding carboxylic acids is 1. The molecule has 0 aliphatic carbocycles. The van der Waals surface area contributed by atoms with Crippen LogP contribution in [0, 0.1) is 0 Å². The fourth-order valence-corrected chi connectivity index (χ4v) is 5.14. The van der Waals surface area contributed by atoms with Crippen LogP contribution in [0.3, 0.4) is 0 Å². The molecule has 158 valence electrons. The SMILES string of the molecule is CCN(CC)S(=O)(=O)c1ccc(NC(=O)CCNS(=O)(=O)c2ccccc2)cc1. The van der Waals surface area contributed by atoms with Crippen molar-refractivity contribution in [2.45, 2.75) is 30.1 Å². The molecule has 0 fully saturated rings. The molecule has 8 nitrogen and oxygen atoms in total. The number of anilines is 1. The van der Waals surface area contributed by atoms with Crippen LogP contribution in [-0.4, -0.2) is 46.7 Å². The molecule has 2 N–H and O–H groups in total. The van der Waals surface area contributed by atoms with Crippen molar-refractivity contribution in [3.63, 3.8) is 0 Å². The fourth-order valence-electron chi connectivity index (χ4n) is 2.63. The van der Waals surface area contributed by atoms with Crippen LogP contribution < -0.4 is 10.0 Å². The first-order chi connectivity index (χ1) is 13.7. The third-order valence-corrected chi connectivity index (χ3v) is 7.72. The molecule has 0 saturated carbocycles. The summed E-state index contributed by atoms with van der Waals surface area (Å²) in [7, 11) is -7.22. The molecule has 0 aromatic heterocycles. The summed E-state index contributed by atoms with van der Waals surface area (Å²) in [6, 6.07) is 13.8. The molecule has 0 unspecified atom stereocenters. The average Bonchev–Trinajstić information content (AvgIpc) is 2.69. The second-order valence-corrected chi connectivity index (χ2v) is 9.83. The molecule has 0 aliphatic rings. The molecule has 0 radical (unpaired) electrons. The molecule has 0 bridgehead atoms. The Balaban J connectivity index is 1.91. The maximum absolute atomic E-state index is 12.5. The van der Waals surface area contributed by atoms with Gasteiger partial charge in [0.15, 0.2) is 0 Å². The Morgan fingerprint density at radius 1 is 0.862 bits per heavy atom. The summed E-state index contributed by atoms with van der Waals surface area (Å²) in [5, 5.41) is 2.62. The van der Waals surface area contributed by atoms with E-state index in [1.807, 2.05) is 0 Å². The van der Waals surface area contributed by atoms with Crippen LogP contribution in [0.4, 0.5) is 5.69 Å². The van der Waals surface area contributed by atoms with Gasteiger partial charge in [0.25, 0.3) is 0 Å². The van der Waals surface area contributed by atoms with E-state index >= 15 is 0 Å². The van der Waals surface area contributed by atoms with Crippen molar-refractivity contribution in [1.82, 2.24) is 9.03 Å². The van der Waals surface area contributed by atoms with E-state index in [4.69, 9.17) is 0 Å². The molecule has 0 spiro atoms. The van der Waals surface area contributed by atoms with Crippen molar-refractivity contribution >= 4 is 31.6 Å². The maximum atomic E-state index is 12.5. The van der Waals surface area contributed by atoms with E-state index in [-0.39, 0.29) is 28.7 Å². The Morgan fingerprint density at radius 2 is 1.45 bits per heavy atom. The Bertz CT molecular complexity index is 1020. The minimum atomic E-state index is -3.67. The lowest BCUT2D eigenvalue weighted by Gasteiger charge is -2.18. The Labute approximate surface area is 172 Å². The topological polar surface area (TPSA) is 113 Å². The van der Waals surface area contributed by atoms with E-state index in [0.717, 1.165) is 0 Å². The van der Waals surface area contributed by atoms with Crippen LogP contribution in [0.5, 0.6) is 0 Å². The predicted molar refractivity (Wildman–Crippen MR) is 111 cm³/mol. The summed E-state index contributed by atoms with van der Waals surface area (Å²) in [5.74, 6) is -0.389. The molecule has 2 rings (SSSR count). The van der Waals surface area contributed by atoms with Crippen molar-refractivity contribution < 1.29 is 21.6 Å². The number of nitrogens with one attached hydrogen (secondary N) is 2. The van der Waals surface area contributed by atoms with Crippen LogP contribution in [0.15, 0.2) is 64.4 Å². The molecule has 10 heteroatoms. The number of amides is 1. The summed E-state index contributed by atoms with van der Waals surface area (Å²) in [4.78, 5) is 12.3. The van der Waals surface area contributed by atoms with Gasteiger partial charge in [-0.25, -0.2) is 21.6 Å². The Kier molecular flexibility index (Phi) is 7.91. The van der Waals surface area contributed by atoms with Gasteiger partial charge in [0.05, 0.1) is 9.79 Å². The molecule has 2 aromatic rings. The van der Waals surface area contributed by atoms with Crippen LogP contribution in [0.1, 0.15) is 20.3 Å². The third kappa shape index (κ3) is 6.10. The van der Waals surface area contributed by atoms with Gasteiger partial charge in [-0.15, -0.1) is 0 Å². The van der Waals surface area contributed by atoms with E-state index in [1.165, 1.54) is 40.7 Å². The molecular weight excluding hydrogens is 414 g/mol. The summed E-state index contributed by atoms with van der Waals surface area (Å²) < 4.78 is 52.8. The standard InChI is InChI=1S/C19H25N3O5S2/c1-3-22(4-2)29(26,27)18-12-10-16(11-13-18)21-19(23)14-15-20-28(24,25)17-8-6-5-7-9-17/h5-13,20H,3-4,14-15H2,1-2H3,(H,21,23). The van der Waals surface area contributed by atoms with Gasteiger partial charge in [0.2, 0.25) is 26.0 Å². The van der Waals surface area contributed by atoms with Gasteiger partial charge >= 0.3 is 0 Å². The van der Waals surface area contributed by atoms with E-state index < -0.39 is 20.0 Å². The predicted octanol–water partition coefficient (Wildman–Crippen LogP) is 2.02. The molecule has 1 amide bonds. The number of nitrogens with zero attached hydrogens (tertiary/aromatic N) is 1. The molecule has 29 heavy (non-hydrogen) atoms. The van der Waals surface area contributed by atoms with Gasteiger partial charge in [0.1, 0.15) is 0 Å². The number of carbonyl (C=O) groups is 1. The molecular formula is C19H25N3O5S2. The Hall–Kier alpha value is -2.27. The fraction of sp³-hybridized carbons (Fsp3) is 0.316. The summed E-state index contributed by atoms with van der Waals surface area (Å²) in [5.41, 5.74) is 0.430. The van der Waals surface area contributed by atoms with Crippen molar-refractivity contribution in [3.8, 4) is 0 Å². The lowest BCUT2D eigenvalue weighted by molar-refractivity contribution is -0.116. The molecule has 0 saturated heterocycles. The first-order valence-electron chi connectivity index (χ1n) is 9.15. The zero-order chi connectivity index (χ0) is 21.5. The number of benzene rings is 2. The highest BCUT2D eigenvalue weighted by molar-refractivity contribution is 7.89. The van der Waals surface area contributed by atoms with Crippen molar-refractivity contribution in [3.05, 3.63) is 54.6 Å². The number of hydrogen-bond acceptors (Lipinski definition) is 5. The zero-order valence-electron chi connectivity index (χ0n) is 16.3. The number of sulfonamides is 2. The van der Waals surface area contributed by atoms with Crippen LogP contribution in [0.2, 0.25) is 0 Å². The Morgan fingerprint density at radius 3 is 2.00 bits per heavy atom. The highest BCUT2D eigenvalue weighted by atomic mass is 32.2. The van der Waals surface area contributed by atoms with Gasteiger partial charge in [-0.2, -0.15) is 4.31 Å².